The monoisotopic (exact) mass is 221 g/mol. The molecule has 1 atom stereocenters. The zero-order valence-corrected chi connectivity index (χ0v) is 9.84. The molecule has 1 N–H and O–H groups in total. The van der Waals surface area contributed by atoms with Crippen LogP contribution in [0.3, 0.4) is 0 Å². The molecule has 0 bridgehead atoms. The molecular weight excluding hydrogens is 205 g/mol. The van der Waals surface area contributed by atoms with Crippen LogP contribution in [0.1, 0.15) is 44.6 Å². The van der Waals surface area contributed by atoms with E-state index in [4.69, 9.17) is 0 Å². The SMILES string of the molecule is CCc1nc(C(C)CC)nc2c(F)c[nH]c12. The zero-order chi connectivity index (χ0) is 11.7. The molecule has 2 aromatic rings. The highest BCUT2D eigenvalue weighted by Crippen LogP contribution is 2.22. The van der Waals surface area contributed by atoms with Crippen molar-refractivity contribution in [2.45, 2.75) is 39.5 Å². The summed E-state index contributed by atoms with van der Waals surface area (Å²) in [7, 11) is 0. The second-order valence-corrected chi connectivity index (χ2v) is 4.05. The number of fused-ring (bicyclic) bond motifs is 1. The number of aryl methyl sites for hydroxylation is 1. The van der Waals surface area contributed by atoms with Gasteiger partial charge < -0.3 is 4.98 Å². The number of nitrogens with one attached hydrogen (secondary N) is 1. The van der Waals surface area contributed by atoms with Crippen molar-refractivity contribution in [2.75, 3.05) is 0 Å². The Morgan fingerprint density at radius 3 is 2.75 bits per heavy atom. The number of H-pyrrole nitrogens is 1. The topological polar surface area (TPSA) is 41.6 Å². The van der Waals surface area contributed by atoms with E-state index in [1.165, 1.54) is 6.20 Å². The number of nitrogens with zero attached hydrogens (tertiary/aromatic N) is 2. The Bertz CT molecular complexity index is 504. The molecule has 3 nitrogen and oxygen atoms in total. The van der Waals surface area contributed by atoms with Gasteiger partial charge in [-0.25, -0.2) is 14.4 Å². The van der Waals surface area contributed by atoms with E-state index >= 15 is 0 Å². The molecule has 16 heavy (non-hydrogen) atoms. The van der Waals surface area contributed by atoms with Crippen molar-refractivity contribution in [3.63, 3.8) is 0 Å². The second-order valence-electron chi connectivity index (χ2n) is 4.05. The van der Waals surface area contributed by atoms with Gasteiger partial charge in [-0.2, -0.15) is 0 Å². The summed E-state index contributed by atoms with van der Waals surface area (Å²) < 4.78 is 13.5. The standard InChI is InChI=1S/C12H16FN3/c1-4-7(3)12-15-9(5-2)11-10(16-12)8(13)6-14-11/h6-7,14H,4-5H2,1-3H3. The van der Waals surface area contributed by atoms with Crippen LogP contribution in [0.2, 0.25) is 0 Å². The lowest BCUT2D eigenvalue weighted by atomic mass is 10.1. The first kappa shape index (κ1) is 11.0. The zero-order valence-electron chi connectivity index (χ0n) is 9.84. The molecule has 0 fully saturated rings. The molecule has 0 spiro atoms. The number of hydrogen-bond acceptors (Lipinski definition) is 2. The molecule has 86 valence electrons. The van der Waals surface area contributed by atoms with E-state index in [9.17, 15) is 4.39 Å². The summed E-state index contributed by atoms with van der Waals surface area (Å²) >= 11 is 0. The van der Waals surface area contributed by atoms with Crippen molar-refractivity contribution >= 4 is 11.0 Å². The van der Waals surface area contributed by atoms with Gasteiger partial charge >= 0.3 is 0 Å². The summed E-state index contributed by atoms with van der Waals surface area (Å²) in [6.45, 7) is 6.16. The van der Waals surface area contributed by atoms with Crippen LogP contribution in [0, 0.1) is 5.82 Å². The van der Waals surface area contributed by atoms with Crippen molar-refractivity contribution in [2.24, 2.45) is 0 Å². The summed E-state index contributed by atoms with van der Waals surface area (Å²) in [6, 6.07) is 0. The van der Waals surface area contributed by atoms with Crippen LogP contribution in [-0.2, 0) is 6.42 Å². The Balaban J connectivity index is 2.65. The van der Waals surface area contributed by atoms with Gasteiger partial charge in [-0.1, -0.05) is 20.8 Å². The van der Waals surface area contributed by atoms with Crippen LogP contribution in [0.4, 0.5) is 4.39 Å². The summed E-state index contributed by atoms with van der Waals surface area (Å²) in [6.07, 6.45) is 3.09. The van der Waals surface area contributed by atoms with Crippen LogP contribution in [0.25, 0.3) is 11.0 Å². The van der Waals surface area contributed by atoms with Gasteiger partial charge in [0.1, 0.15) is 11.3 Å². The van der Waals surface area contributed by atoms with E-state index in [0.717, 1.165) is 29.9 Å². The minimum absolute atomic E-state index is 0.268. The van der Waals surface area contributed by atoms with Gasteiger partial charge in [0.2, 0.25) is 0 Å². The average Bonchev–Trinajstić information content (AvgIpc) is 2.69. The van der Waals surface area contributed by atoms with Gasteiger partial charge in [-0.05, 0) is 12.8 Å². The average molecular weight is 221 g/mol. The maximum Gasteiger partial charge on any atom is 0.167 e. The highest BCUT2D eigenvalue weighted by Gasteiger charge is 2.14. The summed E-state index contributed by atoms with van der Waals surface area (Å²) in [5.41, 5.74) is 2.04. The lowest BCUT2D eigenvalue weighted by Gasteiger charge is -2.09. The smallest absolute Gasteiger partial charge is 0.167 e. The van der Waals surface area contributed by atoms with Gasteiger partial charge in [0.05, 0.1) is 11.2 Å². The molecule has 4 heteroatoms. The van der Waals surface area contributed by atoms with E-state index in [0.29, 0.717) is 5.52 Å². The van der Waals surface area contributed by atoms with Gasteiger partial charge in [0.15, 0.2) is 5.82 Å². The molecule has 0 aliphatic heterocycles. The lowest BCUT2D eigenvalue weighted by molar-refractivity contribution is 0.631. The van der Waals surface area contributed by atoms with Crippen molar-refractivity contribution in [3.8, 4) is 0 Å². The van der Waals surface area contributed by atoms with Gasteiger partial charge in [0, 0.05) is 12.1 Å². The fourth-order valence-electron chi connectivity index (χ4n) is 1.71. The first-order valence-corrected chi connectivity index (χ1v) is 5.70. The van der Waals surface area contributed by atoms with Gasteiger partial charge in [-0.15, -0.1) is 0 Å². The Morgan fingerprint density at radius 1 is 1.38 bits per heavy atom. The third-order valence-corrected chi connectivity index (χ3v) is 2.96. The van der Waals surface area contributed by atoms with E-state index in [1.54, 1.807) is 0 Å². The number of rotatable bonds is 3. The maximum atomic E-state index is 13.5. The molecule has 0 saturated heterocycles. The number of halogens is 1. The second kappa shape index (κ2) is 4.20. The van der Waals surface area contributed by atoms with E-state index < -0.39 is 0 Å². The van der Waals surface area contributed by atoms with Crippen molar-refractivity contribution < 1.29 is 4.39 Å². The third kappa shape index (κ3) is 1.68. The number of aromatic nitrogens is 3. The lowest BCUT2D eigenvalue weighted by Crippen LogP contribution is -2.03. The third-order valence-electron chi connectivity index (χ3n) is 2.96. The minimum Gasteiger partial charge on any atom is -0.356 e. The molecule has 1 unspecified atom stereocenters. The normalized spacial score (nSPS) is 13.2. The van der Waals surface area contributed by atoms with Crippen LogP contribution in [-0.4, -0.2) is 15.0 Å². The summed E-state index contributed by atoms with van der Waals surface area (Å²) in [5, 5.41) is 0. The number of aromatic amines is 1. The molecule has 0 amide bonds. The Labute approximate surface area is 94.1 Å². The molecule has 0 aliphatic rings. The minimum atomic E-state index is -0.295. The van der Waals surface area contributed by atoms with Crippen LogP contribution in [0.5, 0.6) is 0 Å². The van der Waals surface area contributed by atoms with Crippen LogP contribution in [0.15, 0.2) is 6.20 Å². The van der Waals surface area contributed by atoms with Crippen LogP contribution >= 0.6 is 0 Å². The molecule has 0 aliphatic carbocycles. The highest BCUT2D eigenvalue weighted by atomic mass is 19.1. The number of hydrogen-bond donors (Lipinski definition) is 1. The van der Waals surface area contributed by atoms with Crippen LogP contribution < -0.4 is 0 Å². The molecule has 2 heterocycles. The molecule has 0 saturated carbocycles. The van der Waals surface area contributed by atoms with Gasteiger partial charge in [0.25, 0.3) is 0 Å². The maximum absolute atomic E-state index is 13.5. The van der Waals surface area contributed by atoms with Crippen molar-refractivity contribution in [1.82, 2.24) is 15.0 Å². The molecule has 2 aromatic heterocycles. The predicted molar refractivity (Wildman–Crippen MR) is 61.9 cm³/mol. The predicted octanol–water partition coefficient (Wildman–Crippen LogP) is 3.17. The van der Waals surface area contributed by atoms with E-state index in [-0.39, 0.29) is 11.7 Å². The molecule has 0 aromatic carbocycles. The molecule has 0 radical (unpaired) electrons. The Morgan fingerprint density at radius 2 is 2.12 bits per heavy atom. The summed E-state index contributed by atoms with van der Waals surface area (Å²) in [5.74, 6) is 0.714. The highest BCUT2D eigenvalue weighted by molar-refractivity contribution is 5.77. The van der Waals surface area contributed by atoms with E-state index in [2.05, 4.69) is 28.8 Å². The van der Waals surface area contributed by atoms with Gasteiger partial charge in [-0.3, -0.25) is 0 Å². The fourth-order valence-corrected chi connectivity index (χ4v) is 1.71. The fraction of sp³-hybridized carbons (Fsp3) is 0.500. The van der Waals surface area contributed by atoms with Crippen molar-refractivity contribution in [1.29, 1.82) is 0 Å². The summed E-state index contributed by atoms with van der Waals surface area (Å²) in [4.78, 5) is 11.7. The molecule has 2 rings (SSSR count). The Kier molecular flexibility index (Phi) is 2.90. The Hall–Kier alpha value is -1.45. The van der Waals surface area contributed by atoms with E-state index in [1.807, 2.05) is 6.92 Å². The quantitative estimate of drug-likeness (QED) is 0.864. The molecular formula is C12H16FN3. The first-order chi connectivity index (χ1) is 7.67. The largest absolute Gasteiger partial charge is 0.356 e. The first-order valence-electron chi connectivity index (χ1n) is 5.70. The van der Waals surface area contributed by atoms with Crippen molar-refractivity contribution in [3.05, 3.63) is 23.5 Å².